The summed E-state index contributed by atoms with van der Waals surface area (Å²) in [5.74, 6) is -1.04. The van der Waals surface area contributed by atoms with Crippen molar-refractivity contribution >= 4 is 47.8 Å². The van der Waals surface area contributed by atoms with E-state index < -0.39 is 29.0 Å². The average molecular weight is 552 g/mol. The van der Waals surface area contributed by atoms with Gasteiger partial charge in [0.05, 0.1) is 5.54 Å². The van der Waals surface area contributed by atoms with Crippen LogP contribution in [0.5, 0.6) is 0 Å². The highest BCUT2D eigenvalue weighted by atomic mass is 35.5. The number of nitrogens with one attached hydrogen (secondary N) is 2. The number of nitrogens with zero attached hydrogens (tertiary/aromatic N) is 2. The lowest BCUT2D eigenvalue weighted by Crippen LogP contribution is -2.56. The lowest BCUT2D eigenvalue weighted by molar-refractivity contribution is -0.152. The number of likely N-dealkylation sites (tertiary alicyclic amines) is 1. The Bertz CT molecular complexity index is 1120. The van der Waals surface area contributed by atoms with Crippen LogP contribution >= 0.6 is 23.2 Å². The highest BCUT2D eigenvalue weighted by Gasteiger charge is 2.43. The Morgan fingerprint density at radius 1 is 1.16 bits per heavy atom. The molecule has 1 aliphatic rings. The Hall–Kier alpha value is -2.84. The Labute approximate surface area is 229 Å². The third-order valence-corrected chi connectivity index (χ3v) is 6.47. The molecule has 2 atom stereocenters. The fourth-order valence-electron chi connectivity index (χ4n) is 4.19. The van der Waals surface area contributed by atoms with Crippen molar-refractivity contribution in [1.29, 1.82) is 0 Å². The zero-order chi connectivity index (χ0) is 28.1. The van der Waals surface area contributed by atoms with Gasteiger partial charge >= 0.3 is 17.9 Å². The van der Waals surface area contributed by atoms with E-state index in [2.05, 4.69) is 22.3 Å². The van der Waals surface area contributed by atoms with E-state index in [0.29, 0.717) is 34.3 Å². The summed E-state index contributed by atoms with van der Waals surface area (Å²) in [6, 6.07) is 5.19. The van der Waals surface area contributed by atoms with Crippen LogP contribution in [-0.2, 0) is 19.9 Å². The predicted octanol–water partition coefficient (Wildman–Crippen LogP) is 5.94. The molecule has 0 aromatic heterocycles. The van der Waals surface area contributed by atoms with Crippen LogP contribution in [0.4, 0.5) is 4.79 Å². The van der Waals surface area contributed by atoms with Gasteiger partial charge in [-0.2, -0.15) is 0 Å². The van der Waals surface area contributed by atoms with Crippen molar-refractivity contribution in [3.63, 3.8) is 0 Å². The minimum Gasteiger partial charge on any atom is -0.444 e. The van der Waals surface area contributed by atoms with Crippen molar-refractivity contribution in [2.75, 3.05) is 6.54 Å². The molecule has 8 nitrogen and oxygen atoms in total. The van der Waals surface area contributed by atoms with E-state index in [1.54, 1.807) is 63.8 Å². The van der Waals surface area contributed by atoms with E-state index in [1.807, 2.05) is 13.8 Å². The highest BCUT2D eigenvalue weighted by Crippen LogP contribution is 2.41. The van der Waals surface area contributed by atoms with Crippen molar-refractivity contribution in [3.05, 3.63) is 57.0 Å². The van der Waals surface area contributed by atoms with Gasteiger partial charge in [0.2, 0.25) is 0 Å². The third-order valence-electron chi connectivity index (χ3n) is 6.03. The van der Waals surface area contributed by atoms with E-state index in [9.17, 15) is 14.4 Å². The third kappa shape index (κ3) is 8.33. The number of carbonyl (C=O) groups excluding carboxylic acids is 3. The zero-order valence-corrected chi connectivity index (χ0v) is 24.0. The Morgan fingerprint density at radius 2 is 1.76 bits per heavy atom. The van der Waals surface area contributed by atoms with Crippen LogP contribution in [0.25, 0.3) is 0 Å². The number of rotatable bonds is 5. The second-order valence-corrected chi connectivity index (χ2v) is 11.5. The molecule has 0 aliphatic carbocycles. The second-order valence-electron chi connectivity index (χ2n) is 10.6. The van der Waals surface area contributed by atoms with Gasteiger partial charge in [0, 0.05) is 22.3 Å². The van der Waals surface area contributed by atoms with Gasteiger partial charge < -0.3 is 15.0 Å². The monoisotopic (exact) mass is 550 g/mol. The van der Waals surface area contributed by atoms with Crippen LogP contribution in [0.3, 0.4) is 0 Å². The summed E-state index contributed by atoms with van der Waals surface area (Å²) in [5, 5.41) is 6.11. The van der Waals surface area contributed by atoms with Crippen LogP contribution < -0.4 is 10.6 Å². The fourth-order valence-corrected chi connectivity index (χ4v) is 4.71. The minimum absolute atomic E-state index is 0.171. The van der Waals surface area contributed by atoms with Gasteiger partial charge in [0.25, 0.3) is 0 Å². The highest BCUT2D eigenvalue weighted by molar-refractivity contribution is 6.36. The van der Waals surface area contributed by atoms with E-state index in [4.69, 9.17) is 27.9 Å². The van der Waals surface area contributed by atoms with E-state index in [0.717, 1.165) is 12.0 Å². The number of hydrogen-bond donors (Lipinski definition) is 2. The lowest BCUT2D eigenvalue weighted by atomic mass is 9.79. The number of halogens is 2. The van der Waals surface area contributed by atoms with Crippen molar-refractivity contribution in [3.8, 4) is 0 Å². The Morgan fingerprint density at radius 3 is 2.30 bits per heavy atom. The topological polar surface area (TPSA) is 100 Å². The van der Waals surface area contributed by atoms with Crippen molar-refractivity contribution in [1.82, 2.24) is 15.5 Å². The van der Waals surface area contributed by atoms with Crippen LogP contribution in [0.15, 0.2) is 46.4 Å². The minimum atomic E-state index is -0.775. The summed E-state index contributed by atoms with van der Waals surface area (Å²) in [6.07, 6.45) is 2.45. The quantitative estimate of drug-likeness (QED) is 0.269. The smallest absolute Gasteiger partial charge is 0.413 e. The first-order valence-electron chi connectivity index (χ1n) is 12.0. The normalized spacial score (nSPS) is 21.1. The number of aliphatic imine (C=N–C) groups is 1. The molecule has 0 saturated carbocycles. The zero-order valence-electron chi connectivity index (χ0n) is 22.5. The first kappa shape index (κ1) is 30.4. The number of carbonyl (C=O) groups is 3. The van der Waals surface area contributed by atoms with Crippen molar-refractivity contribution in [2.45, 2.75) is 72.4 Å². The van der Waals surface area contributed by atoms with Gasteiger partial charge in [-0.3, -0.25) is 14.9 Å². The molecule has 202 valence electrons. The number of piperidine rings is 1. The molecular formula is C27H36Cl2N4O4. The fraction of sp³-hybridized carbons (Fsp3) is 0.481. The van der Waals surface area contributed by atoms with Crippen LogP contribution in [0.1, 0.15) is 66.9 Å². The van der Waals surface area contributed by atoms with E-state index >= 15 is 0 Å². The molecule has 10 heteroatoms. The number of allylic oxidation sites excluding steroid dienone is 3. The summed E-state index contributed by atoms with van der Waals surface area (Å²) in [5.41, 5.74) is 0.247. The van der Waals surface area contributed by atoms with Gasteiger partial charge in [-0.25, -0.2) is 9.79 Å². The van der Waals surface area contributed by atoms with Crippen LogP contribution in [0, 0.1) is 5.92 Å². The van der Waals surface area contributed by atoms with E-state index in [1.165, 1.54) is 0 Å². The number of amides is 3. The molecule has 1 fully saturated rings. The molecule has 2 N–H and O–H groups in total. The molecular weight excluding hydrogens is 515 g/mol. The molecule has 37 heavy (non-hydrogen) atoms. The SMILES string of the molecule is C=N/C(NC(=O)OC(C)(C)C)=C(C)\C=C(/C)NC(=O)C(=O)N1C[C@@H](C)CC[C@@]1(C)c1cc(Cl)cc(Cl)c1. The number of ether oxygens (including phenoxy) is 1. The molecule has 1 aromatic carbocycles. The summed E-state index contributed by atoms with van der Waals surface area (Å²) >= 11 is 12.5. The molecule has 1 saturated heterocycles. The molecule has 0 bridgehead atoms. The molecule has 0 spiro atoms. The summed E-state index contributed by atoms with van der Waals surface area (Å²) in [6.45, 7) is 16.4. The van der Waals surface area contributed by atoms with Crippen molar-refractivity contribution in [2.24, 2.45) is 10.9 Å². The number of alkyl carbamates (subject to hydrolysis) is 1. The maximum absolute atomic E-state index is 13.4. The average Bonchev–Trinajstić information content (AvgIpc) is 2.76. The molecule has 3 amide bonds. The molecule has 1 aliphatic heterocycles. The maximum atomic E-state index is 13.4. The Kier molecular flexibility index (Phi) is 9.97. The van der Waals surface area contributed by atoms with Gasteiger partial charge in [0.1, 0.15) is 11.4 Å². The number of benzene rings is 1. The standard InChI is InChI=1S/C27H36Cl2N4O4/c1-16-9-10-27(7,19-12-20(28)14-21(29)13-19)33(15-16)24(35)23(34)31-18(3)11-17(2)22(30-8)32-25(36)37-26(4,5)6/h11-14,16H,8-10,15H2,1-7H3,(H,31,34)(H,32,36)/b18-11+,22-17+/t16-,27-/m0/s1. The molecule has 1 aromatic rings. The molecule has 1 heterocycles. The first-order valence-corrected chi connectivity index (χ1v) is 12.8. The summed E-state index contributed by atoms with van der Waals surface area (Å²) in [7, 11) is 0. The summed E-state index contributed by atoms with van der Waals surface area (Å²) < 4.78 is 5.24. The lowest BCUT2D eigenvalue weighted by Gasteiger charge is -2.47. The van der Waals surface area contributed by atoms with Crippen LogP contribution in [-0.4, -0.2) is 41.7 Å². The molecule has 0 radical (unpaired) electrons. The van der Waals surface area contributed by atoms with Gasteiger partial charge in [-0.15, -0.1) is 0 Å². The van der Waals surface area contributed by atoms with E-state index in [-0.39, 0.29) is 11.7 Å². The van der Waals surface area contributed by atoms with Crippen LogP contribution in [0.2, 0.25) is 10.0 Å². The number of hydrogen-bond acceptors (Lipinski definition) is 5. The predicted molar refractivity (Wildman–Crippen MR) is 147 cm³/mol. The summed E-state index contributed by atoms with van der Waals surface area (Å²) in [4.78, 5) is 44.0. The molecule has 0 unspecified atom stereocenters. The van der Waals surface area contributed by atoms with Gasteiger partial charge in [-0.1, -0.05) is 30.1 Å². The Balaban J connectivity index is 2.25. The largest absolute Gasteiger partial charge is 0.444 e. The maximum Gasteiger partial charge on any atom is 0.413 e. The first-order chi connectivity index (χ1) is 17.1. The van der Waals surface area contributed by atoms with Gasteiger partial charge in [0.15, 0.2) is 0 Å². The second kappa shape index (κ2) is 12.1. The van der Waals surface area contributed by atoms with Crippen molar-refractivity contribution < 1.29 is 19.1 Å². The molecule has 2 rings (SSSR count). The van der Waals surface area contributed by atoms with Gasteiger partial charge in [-0.05, 0) is 102 Å².